The van der Waals surface area contributed by atoms with E-state index in [0.717, 1.165) is 38.8 Å². The Bertz CT molecular complexity index is 760. The van der Waals surface area contributed by atoms with Gasteiger partial charge in [0.15, 0.2) is 5.69 Å². The van der Waals surface area contributed by atoms with Crippen LogP contribution in [-0.2, 0) is 0 Å². The maximum Gasteiger partial charge on any atom is 0.290 e. The third-order valence-corrected chi connectivity index (χ3v) is 4.84. The predicted octanol–water partition coefficient (Wildman–Crippen LogP) is 2.74. The zero-order valence-electron chi connectivity index (χ0n) is 15.0. The molecule has 134 valence electrons. The van der Waals surface area contributed by atoms with Crippen molar-refractivity contribution >= 4 is 17.3 Å². The third kappa shape index (κ3) is 3.67. The minimum Gasteiger partial charge on any atom is -0.351 e. The number of fused-ring (bicyclic) bond motifs is 1. The SMILES string of the molecule is CCCCNC(=O)c1nc(C(=O)N2CCC(C)CC2)n2ccccc12. The second-order valence-corrected chi connectivity index (χ2v) is 6.82. The first kappa shape index (κ1) is 17.5. The number of hydrogen-bond acceptors (Lipinski definition) is 3. The molecule has 1 aliphatic heterocycles. The van der Waals surface area contributed by atoms with Crippen molar-refractivity contribution in [1.29, 1.82) is 0 Å². The van der Waals surface area contributed by atoms with E-state index in [1.165, 1.54) is 0 Å². The highest BCUT2D eigenvalue weighted by molar-refractivity contribution is 6.02. The van der Waals surface area contributed by atoms with Crippen LogP contribution in [0.1, 0.15) is 60.6 Å². The first-order chi connectivity index (χ1) is 12.1. The summed E-state index contributed by atoms with van der Waals surface area (Å²) in [7, 11) is 0. The van der Waals surface area contributed by atoms with Crippen molar-refractivity contribution < 1.29 is 9.59 Å². The van der Waals surface area contributed by atoms with E-state index in [1.807, 2.05) is 23.1 Å². The molecule has 1 saturated heterocycles. The number of nitrogens with zero attached hydrogens (tertiary/aromatic N) is 3. The molecule has 0 bridgehead atoms. The summed E-state index contributed by atoms with van der Waals surface area (Å²) in [5, 5.41) is 2.89. The molecular formula is C19H26N4O2. The summed E-state index contributed by atoms with van der Waals surface area (Å²) < 4.78 is 1.73. The summed E-state index contributed by atoms with van der Waals surface area (Å²) in [6.07, 6.45) is 5.76. The molecule has 3 heterocycles. The molecule has 0 radical (unpaired) electrons. The zero-order valence-corrected chi connectivity index (χ0v) is 15.0. The van der Waals surface area contributed by atoms with Crippen LogP contribution in [0.15, 0.2) is 24.4 Å². The maximum absolute atomic E-state index is 12.9. The molecule has 25 heavy (non-hydrogen) atoms. The zero-order chi connectivity index (χ0) is 17.8. The number of nitrogens with one attached hydrogen (secondary N) is 1. The number of carbonyl (C=O) groups is 2. The Morgan fingerprint density at radius 1 is 1.28 bits per heavy atom. The Morgan fingerprint density at radius 2 is 2.04 bits per heavy atom. The van der Waals surface area contributed by atoms with Gasteiger partial charge in [0.05, 0.1) is 5.52 Å². The van der Waals surface area contributed by atoms with E-state index in [0.29, 0.717) is 29.5 Å². The van der Waals surface area contributed by atoms with Crippen LogP contribution in [0.5, 0.6) is 0 Å². The lowest BCUT2D eigenvalue weighted by molar-refractivity contribution is 0.0684. The molecule has 0 saturated carbocycles. The molecule has 2 aromatic heterocycles. The van der Waals surface area contributed by atoms with Crippen molar-refractivity contribution in [1.82, 2.24) is 19.6 Å². The number of hydrogen-bond donors (Lipinski definition) is 1. The van der Waals surface area contributed by atoms with Gasteiger partial charge in [0.2, 0.25) is 5.82 Å². The molecule has 1 N–H and O–H groups in total. The molecule has 0 unspecified atom stereocenters. The van der Waals surface area contributed by atoms with Crippen molar-refractivity contribution in [3.63, 3.8) is 0 Å². The number of carbonyl (C=O) groups excluding carboxylic acids is 2. The van der Waals surface area contributed by atoms with Gasteiger partial charge in [-0.25, -0.2) is 4.98 Å². The Morgan fingerprint density at radius 3 is 2.76 bits per heavy atom. The smallest absolute Gasteiger partial charge is 0.290 e. The number of aromatic nitrogens is 2. The first-order valence-corrected chi connectivity index (χ1v) is 9.16. The number of amides is 2. The topological polar surface area (TPSA) is 66.7 Å². The fourth-order valence-electron chi connectivity index (χ4n) is 3.17. The second-order valence-electron chi connectivity index (χ2n) is 6.82. The number of pyridine rings is 1. The van der Waals surface area contributed by atoms with Crippen LogP contribution in [0.3, 0.4) is 0 Å². The highest BCUT2D eigenvalue weighted by Crippen LogP contribution is 2.20. The summed E-state index contributed by atoms with van der Waals surface area (Å²) in [6, 6.07) is 5.54. The average molecular weight is 342 g/mol. The first-order valence-electron chi connectivity index (χ1n) is 9.16. The quantitative estimate of drug-likeness (QED) is 0.850. The van der Waals surface area contributed by atoms with Crippen molar-refractivity contribution in [3.8, 4) is 0 Å². The normalized spacial score (nSPS) is 15.5. The van der Waals surface area contributed by atoms with E-state index in [-0.39, 0.29) is 11.8 Å². The van der Waals surface area contributed by atoms with Crippen LogP contribution in [-0.4, -0.2) is 45.7 Å². The lowest BCUT2D eigenvalue weighted by atomic mass is 9.99. The Hall–Kier alpha value is -2.37. The number of imidazole rings is 1. The summed E-state index contributed by atoms with van der Waals surface area (Å²) in [6.45, 7) is 6.41. The lowest BCUT2D eigenvalue weighted by Gasteiger charge is -2.29. The van der Waals surface area contributed by atoms with E-state index in [9.17, 15) is 9.59 Å². The molecule has 0 aliphatic carbocycles. The summed E-state index contributed by atoms with van der Waals surface area (Å²) in [4.78, 5) is 31.7. The van der Waals surface area contributed by atoms with Gasteiger partial charge < -0.3 is 10.2 Å². The van der Waals surface area contributed by atoms with E-state index < -0.39 is 0 Å². The van der Waals surface area contributed by atoms with Crippen LogP contribution < -0.4 is 5.32 Å². The molecule has 6 nitrogen and oxygen atoms in total. The van der Waals surface area contributed by atoms with E-state index in [2.05, 4.69) is 24.1 Å². The fourth-order valence-corrected chi connectivity index (χ4v) is 3.17. The van der Waals surface area contributed by atoms with Crippen LogP contribution in [0, 0.1) is 5.92 Å². The molecule has 1 fully saturated rings. The summed E-state index contributed by atoms with van der Waals surface area (Å²) in [5.74, 6) is 0.663. The van der Waals surface area contributed by atoms with Crippen molar-refractivity contribution in [2.45, 2.75) is 39.5 Å². The standard InChI is InChI=1S/C19H26N4O2/c1-3-4-10-20-18(24)16-15-7-5-6-11-23(15)17(21-16)19(25)22-12-8-14(2)9-13-22/h5-7,11,14H,3-4,8-10,12-13H2,1-2H3,(H,20,24). The van der Waals surface area contributed by atoms with Gasteiger partial charge >= 0.3 is 0 Å². The van der Waals surface area contributed by atoms with Gasteiger partial charge in [0, 0.05) is 25.8 Å². The monoisotopic (exact) mass is 342 g/mol. The number of rotatable bonds is 5. The van der Waals surface area contributed by atoms with Crippen LogP contribution >= 0.6 is 0 Å². The summed E-state index contributed by atoms with van der Waals surface area (Å²) in [5.41, 5.74) is 0.996. The molecule has 6 heteroatoms. The maximum atomic E-state index is 12.9. The number of likely N-dealkylation sites (tertiary alicyclic amines) is 1. The van der Waals surface area contributed by atoms with Gasteiger partial charge in [0.25, 0.3) is 11.8 Å². The molecule has 0 aromatic carbocycles. The fraction of sp³-hybridized carbons (Fsp3) is 0.526. The predicted molar refractivity (Wildman–Crippen MR) is 96.7 cm³/mol. The van der Waals surface area contributed by atoms with Crippen molar-refractivity contribution in [2.24, 2.45) is 5.92 Å². The van der Waals surface area contributed by atoms with Gasteiger partial charge in [-0.3, -0.25) is 14.0 Å². The molecule has 0 atom stereocenters. The second kappa shape index (κ2) is 7.68. The largest absolute Gasteiger partial charge is 0.351 e. The minimum atomic E-state index is -0.219. The molecule has 2 aromatic rings. The molecule has 2 amide bonds. The van der Waals surface area contributed by atoms with Gasteiger partial charge in [-0.2, -0.15) is 0 Å². The van der Waals surface area contributed by atoms with Crippen LogP contribution in [0.25, 0.3) is 5.52 Å². The molecule has 0 spiro atoms. The van der Waals surface area contributed by atoms with Crippen LogP contribution in [0.4, 0.5) is 0 Å². The Kier molecular flexibility index (Phi) is 5.36. The average Bonchev–Trinajstić information content (AvgIpc) is 3.02. The third-order valence-electron chi connectivity index (χ3n) is 4.84. The highest BCUT2D eigenvalue weighted by atomic mass is 16.2. The van der Waals surface area contributed by atoms with E-state index in [4.69, 9.17) is 0 Å². The Balaban J connectivity index is 1.88. The lowest BCUT2D eigenvalue weighted by Crippen LogP contribution is -2.38. The van der Waals surface area contributed by atoms with Gasteiger partial charge in [-0.15, -0.1) is 0 Å². The van der Waals surface area contributed by atoms with Crippen molar-refractivity contribution in [3.05, 3.63) is 35.9 Å². The number of piperidine rings is 1. The van der Waals surface area contributed by atoms with E-state index in [1.54, 1.807) is 10.6 Å². The highest BCUT2D eigenvalue weighted by Gasteiger charge is 2.27. The van der Waals surface area contributed by atoms with Gasteiger partial charge in [-0.1, -0.05) is 26.3 Å². The molecule has 3 rings (SSSR count). The van der Waals surface area contributed by atoms with Gasteiger partial charge in [-0.05, 0) is 37.3 Å². The van der Waals surface area contributed by atoms with E-state index >= 15 is 0 Å². The van der Waals surface area contributed by atoms with Crippen LogP contribution in [0.2, 0.25) is 0 Å². The summed E-state index contributed by atoms with van der Waals surface area (Å²) >= 11 is 0. The van der Waals surface area contributed by atoms with Crippen molar-refractivity contribution in [2.75, 3.05) is 19.6 Å². The minimum absolute atomic E-state index is 0.0966. The molecule has 1 aliphatic rings. The number of unbranched alkanes of at least 4 members (excludes halogenated alkanes) is 1. The van der Waals surface area contributed by atoms with Gasteiger partial charge in [0.1, 0.15) is 0 Å². The Labute approximate surface area is 148 Å². The molecular weight excluding hydrogens is 316 g/mol.